The van der Waals surface area contributed by atoms with Crippen LogP contribution in [0.5, 0.6) is 0 Å². The molecular formula is C16H12BrClFN3O. The Morgan fingerprint density at radius 1 is 1.39 bits per heavy atom. The minimum Gasteiger partial charge on any atom is -0.492 e. The third kappa shape index (κ3) is 3.09. The second kappa shape index (κ2) is 6.29. The summed E-state index contributed by atoms with van der Waals surface area (Å²) in [6.07, 6.45) is 0. The zero-order valence-electron chi connectivity index (χ0n) is 12.2. The van der Waals surface area contributed by atoms with Crippen molar-refractivity contribution in [2.45, 2.75) is 6.92 Å². The molecule has 0 fully saturated rings. The summed E-state index contributed by atoms with van der Waals surface area (Å²) in [5.74, 6) is 0.0484. The number of fused-ring (bicyclic) bond motifs is 1. The predicted molar refractivity (Wildman–Crippen MR) is 91.8 cm³/mol. The number of hydrogen-bond acceptors (Lipinski definition) is 3. The third-order valence-corrected chi connectivity index (χ3v) is 3.96. The first-order chi connectivity index (χ1) is 11.0. The third-order valence-electron chi connectivity index (χ3n) is 3.20. The Bertz CT molecular complexity index is 910. The summed E-state index contributed by atoms with van der Waals surface area (Å²) in [7, 11) is 0. The number of benzene rings is 1. The van der Waals surface area contributed by atoms with E-state index in [1.54, 1.807) is 24.3 Å². The van der Waals surface area contributed by atoms with Crippen LogP contribution in [0.4, 0.5) is 4.39 Å². The van der Waals surface area contributed by atoms with E-state index in [4.69, 9.17) is 16.3 Å². The van der Waals surface area contributed by atoms with Gasteiger partial charge in [-0.05, 0) is 25.1 Å². The highest BCUT2D eigenvalue weighted by molar-refractivity contribution is 9.10. The lowest BCUT2D eigenvalue weighted by Crippen LogP contribution is -1.99. The molecule has 0 aliphatic rings. The first-order valence-electron chi connectivity index (χ1n) is 6.83. The number of ether oxygens (including phenoxy) is 1. The molecule has 0 saturated heterocycles. The van der Waals surface area contributed by atoms with Gasteiger partial charge in [-0.1, -0.05) is 34.1 Å². The van der Waals surface area contributed by atoms with Crippen LogP contribution in [-0.2, 0) is 4.74 Å². The monoisotopic (exact) mass is 395 g/mol. The fourth-order valence-corrected chi connectivity index (χ4v) is 2.72. The molecule has 0 aliphatic carbocycles. The van der Waals surface area contributed by atoms with Crippen molar-refractivity contribution >= 4 is 38.9 Å². The summed E-state index contributed by atoms with van der Waals surface area (Å²) in [4.78, 5) is 4.41. The lowest BCUT2D eigenvalue weighted by atomic mass is 10.1. The van der Waals surface area contributed by atoms with Crippen LogP contribution in [0.3, 0.4) is 0 Å². The molecule has 0 saturated carbocycles. The molecular weight excluding hydrogens is 385 g/mol. The predicted octanol–water partition coefficient (Wildman–Crippen LogP) is 4.96. The van der Waals surface area contributed by atoms with Gasteiger partial charge in [0.1, 0.15) is 22.4 Å². The van der Waals surface area contributed by atoms with E-state index in [9.17, 15) is 4.39 Å². The summed E-state index contributed by atoms with van der Waals surface area (Å²) in [6.45, 7) is 6.16. The van der Waals surface area contributed by atoms with Gasteiger partial charge in [0.25, 0.3) is 0 Å². The Labute approximate surface area is 145 Å². The second-order valence-corrected chi connectivity index (χ2v) is 6.05. The van der Waals surface area contributed by atoms with Crippen molar-refractivity contribution in [2.75, 3.05) is 6.61 Å². The molecule has 3 aromatic rings. The molecule has 7 heteroatoms. The van der Waals surface area contributed by atoms with Gasteiger partial charge in [0, 0.05) is 22.2 Å². The Hall–Kier alpha value is -1.92. The van der Waals surface area contributed by atoms with E-state index in [0.29, 0.717) is 44.6 Å². The summed E-state index contributed by atoms with van der Waals surface area (Å²) >= 11 is 9.47. The minimum absolute atomic E-state index is 0.342. The number of hydrogen-bond donors (Lipinski definition) is 0. The Kier molecular flexibility index (Phi) is 4.37. The molecule has 1 aromatic carbocycles. The quantitative estimate of drug-likeness (QED) is 0.462. The summed E-state index contributed by atoms with van der Waals surface area (Å²) in [5, 5.41) is 4.66. The zero-order chi connectivity index (χ0) is 16.6. The van der Waals surface area contributed by atoms with E-state index in [1.807, 2.05) is 6.92 Å². The lowest BCUT2D eigenvalue weighted by Gasteiger charge is -2.06. The van der Waals surface area contributed by atoms with E-state index in [-0.39, 0.29) is 5.82 Å². The maximum Gasteiger partial charge on any atom is 0.158 e. The van der Waals surface area contributed by atoms with Gasteiger partial charge in [-0.2, -0.15) is 5.10 Å². The molecule has 0 aliphatic heterocycles. The van der Waals surface area contributed by atoms with E-state index in [2.05, 4.69) is 32.6 Å². The van der Waals surface area contributed by atoms with Crippen molar-refractivity contribution < 1.29 is 9.13 Å². The molecule has 0 unspecified atom stereocenters. The molecule has 0 radical (unpaired) electrons. The second-order valence-electron chi connectivity index (χ2n) is 4.74. The average Bonchev–Trinajstić information content (AvgIpc) is 2.91. The van der Waals surface area contributed by atoms with Crippen molar-refractivity contribution in [3.63, 3.8) is 0 Å². The SMILES string of the molecule is C=C(OCC)c1cc(Cl)n2nc(-c3ccc(Br)cc3F)cc2n1. The topological polar surface area (TPSA) is 39.4 Å². The van der Waals surface area contributed by atoms with Gasteiger partial charge in [-0.15, -0.1) is 0 Å². The van der Waals surface area contributed by atoms with Crippen LogP contribution in [0, 0.1) is 5.82 Å². The van der Waals surface area contributed by atoms with Crippen molar-refractivity contribution in [1.82, 2.24) is 14.6 Å². The summed E-state index contributed by atoms with van der Waals surface area (Å²) in [6, 6.07) is 8.06. The highest BCUT2D eigenvalue weighted by atomic mass is 79.9. The van der Waals surface area contributed by atoms with Crippen LogP contribution in [-0.4, -0.2) is 21.2 Å². The first-order valence-corrected chi connectivity index (χ1v) is 8.00. The fraction of sp³-hybridized carbons (Fsp3) is 0.125. The van der Waals surface area contributed by atoms with Gasteiger partial charge < -0.3 is 4.74 Å². The standard InChI is InChI=1S/C16H12BrClFN3O/c1-3-23-9(2)13-7-15(18)22-16(20-13)8-14(21-22)11-5-4-10(17)6-12(11)19/h4-8H,2-3H2,1H3. The van der Waals surface area contributed by atoms with Crippen molar-refractivity contribution in [2.24, 2.45) is 0 Å². The highest BCUT2D eigenvalue weighted by Crippen LogP contribution is 2.27. The van der Waals surface area contributed by atoms with Crippen molar-refractivity contribution in [3.8, 4) is 11.3 Å². The smallest absolute Gasteiger partial charge is 0.158 e. The molecule has 0 atom stereocenters. The van der Waals surface area contributed by atoms with Gasteiger partial charge in [-0.3, -0.25) is 0 Å². The largest absolute Gasteiger partial charge is 0.492 e. The molecule has 0 amide bonds. The van der Waals surface area contributed by atoms with Crippen LogP contribution < -0.4 is 0 Å². The number of aromatic nitrogens is 3. The van der Waals surface area contributed by atoms with E-state index < -0.39 is 0 Å². The summed E-state index contributed by atoms with van der Waals surface area (Å²) in [5.41, 5.74) is 1.83. The molecule has 3 rings (SSSR count). The maximum absolute atomic E-state index is 14.1. The van der Waals surface area contributed by atoms with Crippen molar-refractivity contribution in [3.05, 3.63) is 58.0 Å². The molecule has 2 aromatic heterocycles. The minimum atomic E-state index is -0.377. The number of nitrogens with zero attached hydrogens (tertiary/aromatic N) is 3. The molecule has 4 nitrogen and oxygen atoms in total. The fourth-order valence-electron chi connectivity index (χ4n) is 2.16. The summed E-state index contributed by atoms with van der Waals surface area (Å²) < 4.78 is 21.6. The molecule has 0 N–H and O–H groups in total. The lowest BCUT2D eigenvalue weighted by molar-refractivity contribution is 0.298. The Balaban J connectivity index is 2.11. The van der Waals surface area contributed by atoms with E-state index >= 15 is 0 Å². The van der Waals surface area contributed by atoms with E-state index in [1.165, 1.54) is 10.6 Å². The van der Waals surface area contributed by atoms with Gasteiger partial charge in [-0.25, -0.2) is 13.9 Å². The van der Waals surface area contributed by atoms with Gasteiger partial charge in [0.15, 0.2) is 5.65 Å². The van der Waals surface area contributed by atoms with Crippen molar-refractivity contribution in [1.29, 1.82) is 0 Å². The van der Waals surface area contributed by atoms with E-state index in [0.717, 1.165) is 0 Å². The van der Waals surface area contributed by atoms with Gasteiger partial charge in [0.2, 0.25) is 0 Å². The molecule has 23 heavy (non-hydrogen) atoms. The molecule has 0 bridgehead atoms. The van der Waals surface area contributed by atoms with Crippen LogP contribution in [0.1, 0.15) is 12.6 Å². The molecule has 118 valence electrons. The van der Waals surface area contributed by atoms with Gasteiger partial charge in [0.05, 0.1) is 12.3 Å². The first kappa shape index (κ1) is 16.0. The zero-order valence-corrected chi connectivity index (χ0v) is 14.5. The Morgan fingerprint density at radius 2 is 2.17 bits per heavy atom. The number of rotatable bonds is 4. The van der Waals surface area contributed by atoms with Crippen LogP contribution in [0.25, 0.3) is 22.7 Å². The van der Waals surface area contributed by atoms with Crippen LogP contribution in [0.2, 0.25) is 5.15 Å². The maximum atomic E-state index is 14.1. The van der Waals surface area contributed by atoms with Crippen LogP contribution >= 0.6 is 27.5 Å². The van der Waals surface area contributed by atoms with Gasteiger partial charge >= 0.3 is 0 Å². The molecule has 2 heterocycles. The average molecular weight is 397 g/mol. The molecule has 0 spiro atoms. The highest BCUT2D eigenvalue weighted by Gasteiger charge is 2.14. The normalized spacial score (nSPS) is 11.0. The van der Waals surface area contributed by atoms with Crippen LogP contribution in [0.15, 0.2) is 41.4 Å². The number of halogens is 3. The Morgan fingerprint density at radius 3 is 2.87 bits per heavy atom.